The molecule has 1 unspecified atom stereocenters. The maximum Gasteiger partial charge on any atom is 0.0521 e. The molecule has 0 aliphatic rings. The van der Waals surface area contributed by atoms with Gasteiger partial charge in [0.1, 0.15) is 0 Å². The van der Waals surface area contributed by atoms with Crippen LogP contribution in [0.1, 0.15) is 18.9 Å². The van der Waals surface area contributed by atoms with Crippen LogP contribution in [0, 0.1) is 5.41 Å². The van der Waals surface area contributed by atoms with Crippen LogP contribution in [-0.4, -0.2) is 23.4 Å². The van der Waals surface area contributed by atoms with Crippen LogP contribution >= 0.6 is 0 Å². The van der Waals surface area contributed by atoms with Crippen LogP contribution in [0.3, 0.4) is 0 Å². The molecule has 0 bridgehead atoms. The summed E-state index contributed by atoms with van der Waals surface area (Å²) in [7, 11) is 3.93. The van der Waals surface area contributed by atoms with Crippen molar-refractivity contribution in [3.8, 4) is 0 Å². The predicted molar refractivity (Wildman–Crippen MR) is 63.8 cm³/mol. The van der Waals surface area contributed by atoms with Crippen LogP contribution < -0.4 is 5.32 Å². The Labute approximate surface area is 92.2 Å². The van der Waals surface area contributed by atoms with Gasteiger partial charge in [-0.2, -0.15) is 5.10 Å². The lowest BCUT2D eigenvalue weighted by atomic mass is 9.84. The number of nitrogens with zero attached hydrogens (tertiary/aromatic N) is 2. The highest BCUT2D eigenvalue weighted by Crippen LogP contribution is 2.23. The zero-order valence-corrected chi connectivity index (χ0v) is 9.95. The minimum Gasteiger partial charge on any atom is -0.319 e. The SMILES string of the molecule is C=CC(C)(CCc1cnn(C)c1)CNC. The fourth-order valence-electron chi connectivity index (χ4n) is 1.70. The van der Waals surface area contributed by atoms with Gasteiger partial charge in [0, 0.05) is 19.8 Å². The van der Waals surface area contributed by atoms with E-state index < -0.39 is 0 Å². The Morgan fingerprint density at radius 1 is 1.67 bits per heavy atom. The molecule has 1 aromatic rings. The van der Waals surface area contributed by atoms with Gasteiger partial charge in [-0.3, -0.25) is 4.68 Å². The summed E-state index contributed by atoms with van der Waals surface area (Å²) in [6.07, 6.45) is 8.20. The van der Waals surface area contributed by atoms with Gasteiger partial charge in [0.15, 0.2) is 0 Å². The summed E-state index contributed by atoms with van der Waals surface area (Å²) in [5.41, 5.74) is 1.46. The molecule has 1 N–H and O–H groups in total. The first-order valence-corrected chi connectivity index (χ1v) is 5.35. The van der Waals surface area contributed by atoms with Crippen molar-refractivity contribution in [1.29, 1.82) is 0 Å². The molecule has 1 heterocycles. The van der Waals surface area contributed by atoms with Gasteiger partial charge in [0.05, 0.1) is 6.20 Å². The van der Waals surface area contributed by atoms with E-state index in [1.807, 2.05) is 31.1 Å². The van der Waals surface area contributed by atoms with E-state index >= 15 is 0 Å². The zero-order valence-electron chi connectivity index (χ0n) is 9.95. The number of aryl methyl sites for hydroxylation is 2. The summed E-state index contributed by atoms with van der Waals surface area (Å²) in [5.74, 6) is 0. The van der Waals surface area contributed by atoms with Crippen molar-refractivity contribution in [2.75, 3.05) is 13.6 Å². The molecule has 0 radical (unpaired) electrons. The summed E-state index contributed by atoms with van der Waals surface area (Å²) < 4.78 is 1.85. The quantitative estimate of drug-likeness (QED) is 0.720. The smallest absolute Gasteiger partial charge is 0.0521 e. The fourth-order valence-corrected chi connectivity index (χ4v) is 1.70. The first-order chi connectivity index (χ1) is 7.09. The van der Waals surface area contributed by atoms with Gasteiger partial charge in [-0.1, -0.05) is 13.0 Å². The lowest BCUT2D eigenvalue weighted by Crippen LogP contribution is -2.28. The molecular formula is C12H21N3. The maximum absolute atomic E-state index is 4.16. The molecule has 0 fully saturated rings. The second-order valence-electron chi connectivity index (χ2n) is 4.41. The molecular weight excluding hydrogens is 186 g/mol. The molecule has 1 atom stereocenters. The summed E-state index contributed by atoms with van der Waals surface area (Å²) >= 11 is 0. The number of aromatic nitrogens is 2. The van der Waals surface area contributed by atoms with Gasteiger partial charge in [-0.15, -0.1) is 6.58 Å². The van der Waals surface area contributed by atoms with Gasteiger partial charge < -0.3 is 5.32 Å². The number of hydrogen-bond acceptors (Lipinski definition) is 2. The number of hydrogen-bond donors (Lipinski definition) is 1. The topological polar surface area (TPSA) is 29.9 Å². The first-order valence-electron chi connectivity index (χ1n) is 5.35. The van der Waals surface area contributed by atoms with Crippen molar-refractivity contribution in [1.82, 2.24) is 15.1 Å². The Kier molecular flexibility index (Phi) is 4.09. The van der Waals surface area contributed by atoms with E-state index in [0.29, 0.717) is 0 Å². The molecule has 3 heteroatoms. The minimum absolute atomic E-state index is 0.171. The predicted octanol–water partition coefficient (Wildman–Crippen LogP) is 1.76. The van der Waals surface area contributed by atoms with Gasteiger partial charge in [-0.25, -0.2) is 0 Å². The summed E-state index contributed by atoms with van der Waals surface area (Å²) in [4.78, 5) is 0. The second kappa shape index (κ2) is 5.12. The highest BCUT2D eigenvalue weighted by Gasteiger charge is 2.18. The van der Waals surface area contributed by atoms with Gasteiger partial charge >= 0.3 is 0 Å². The van der Waals surface area contributed by atoms with Gasteiger partial charge in [0.25, 0.3) is 0 Å². The van der Waals surface area contributed by atoms with Crippen LogP contribution in [-0.2, 0) is 13.5 Å². The van der Waals surface area contributed by atoms with E-state index in [1.165, 1.54) is 5.56 Å². The monoisotopic (exact) mass is 207 g/mol. The molecule has 0 aromatic carbocycles. The first kappa shape index (κ1) is 12.0. The Hall–Kier alpha value is -1.09. The third-order valence-electron chi connectivity index (χ3n) is 2.82. The van der Waals surface area contributed by atoms with E-state index in [1.54, 1.807) is 0 Å². The fraction of sp³-hybridized carbons (Fsp3) is 0.583. The zero-order chi connectivity index (χ0) is 11.3. The molecule has 0 saturated carbocycles. The van der Waals surface area contributed by atoms with Crippen molar-refractivity contribution >= 4 is 0 Å². The third kappa shape index (κ3) is 3.51. The number of nitrogens with one attached hydrogen (secondary N) is 1. The maximum atomic E-state index is 4.16. The van der Waals surface area contributed by atoms with Crippen molar-refractivity contribution in [3.63, 3.8) is 0 Å². The summed E-state index contributed by atoms with van der Waals surface area (Å²) in [6.45, 7) is 7.11. The standard InChI is InChI=1S/C12H21N3/c1-5-12(2,10-13-3)7-6-11-8-14-15(4)9-11/h5,8-9,13H,1,6-7,10H2,2-4H3. The van der Waals surface area contributed by atoms with Crippen molar-refractivity contribution in [3.05, 3.63) is 30.6 Å². The van der Waals surface area contributed by atoms with Crippen LogP contribution in [0.25, 0.3) is 0 Å². The molecule has 15 heavy (non-hydrogen) atoms. The lowest BCUT2D eigenvalue weighted by Gasteiger charge is -2.24. The average Bonchev–Trinajstić information content (AvgIpc) is 2.62. The second-order valence-corrected chi connectivity index (χ2v) is 4.41. The van der Waals surface area contributed by atoms with Crippen LogP contribution in [0.2, 0.25) is 0 Å². The van der Waals surface area contributed by atoms with E-state index in [9.17, 15) is 0 Å². The van der Waals surface area contributed by atoms with Crippen molar-refractivity contribution in [2.45, 2.75) is 19.8 Å². The molecule has 0 aliphatic heterocycles. The Morgan fingerprint density at radius 3 is 2.87 bits per heavy atom. The van der Waals surface area contributed by atoms with Gasteiger partial charge in [0.2, 0.25) is 0 Å². The van der Waals surface area contributed by atoms with E-state index in [2.05, 4.69) is 30.1 Å². The Morgan fingerprint density at radius 2 is 2.40 bits per heavy atom. The van der Waals surface area contributed by atoms with Crippen LogP contribution in [0.4, 0.5) is 0 Å². The van der Waals surface area contributed by atoms with E-state index in [0.717, 1.165) is 19.4 Å². The average molecular weight is 207 g/mol. The molecule has 0 aliphatic carbocycles. The van der Waals surface area contributed by atoms with Crippen molar-refractivity contribution < 1.29 is 0 Å². The van der Waals surface area contributed by atoms with Crippen LogP contribution in [0.15, 0.2) is 25.0 Å². The molecule has 84 valence electrons. The molecule has 1 aromatic heterocycles. The Bertz CT molecular complexity index is 316. The summed E-state index contributed by atoms with van der Waals surface area (Å²) in [5, 5.41) is 7.37. The third-order valence-corrected chi connectivity index (χ3v) is 2.82. The Balaban J connectivity index is 2.50. The molecule has 0 saturated heterocycles. The molecule has 0 amide bonds. The van der Waals surface area contributed by atoms with Crippen LogP contribution in [0.5, 0.6) is 0 Å². The molecule has 1 rings (SSSR count). The highest BCUT2D eigenvalue weighted by molar-refractivity contribution is 5.06. The molecule has 3 nitrogen and oxygen atoms in total. The number of rotatable bonds is 6. The van der Waals surface area contributed by atoms with E-state index in [-0.39, 0.29) is 5.41 Å². The van der Waals surface area contributed by atoms with Gasteiger partial charge in [-0.05, 0) is 30.9 Å². The minimum atomic E-state index is 0.171. The highest BCUT2D eigenvalue weighted by atomic mass is 15.2. The normalized spacial score (nSPS) is 14.9. The summed E-state index contributed by atoms with van der Waals surface area (Å²) in [6, 6.07) is 0. The molecule has 0 spiro atoms. The largest absolute Gasteiger partial charge is 0.319 e. The van der Waals surface area contributed by atoms with Crippen molar-refractivity contribution in [2.24, 2.45) is 12.5 Å². The lowest BCUT2D eigenvalue weighted by molar-refractivity contribution is 0.377. The van der Waals surface area contributed by atoms with E-state index in [4.69, 9.17) is 0 Å².